The van der Waals surface area contributed by atoms with Gasteiger partial charge in [0.25, 0.3) is 5.91 Å². The summed E-state index contributed by atoms with van der Waals surface area (Å²) in [6.07, 6.45) is 0.648. The second kappa shape index (κ2) is 7.97. The number of halogens is 2. The van der Waals surface area contributed by atoms with E-state index in [-0.39, 0.29) is 5.91 Å². The number of carbonyl (C=O) groups is 1. The molecule has 0 aliphatic rings. The van der Waals surface area contributed by atoms with Crippen molar-refractivity contribution >= 4 is 40.4 Å². The average molecular weight is 358 g/mol. The Balaban J connectivity index is 1.82. The topological polar surface area (TPSA) is 40.5 Å². The summed E-state index contributed by atoms with van der Waals surface area (Å²) in [5.74, 6) is 0.0130. The zero-order chi connectivity index (χ0) is 16.1. The summed E-state index contributed by atoms with van der Waals surface area (Å²) in [6.45, 7) is 0.592. The Labute approximate surface area is 144 Å². The van der Waals surface area contributed by atoms with Crippen LogP contribution in [0.25, 0.3) is 0 Å². The SMILES string of the molecule is CN(CCCC(O)c1ccc(Cl)c(Cl)c1)C(=O)c1cccs1. The fraction of sp³-hybridized carbons (Fsp3) is 0.312. The predicted molar refractivity (Wildman–Crippen MR) is 91.9 cm³/mol. The van der Waals surface area contributed by atoms with Crippen molar-refractivity contribution in [3.63, 3.8) is 0 Å². The minimum atomic E-state index is -0.611. The second-order valence-electron chi connectivity index (χ2n) is 5.04. The third kappa shape index (κ3) is 4.46. The van der Waals surface area contributed by atoms with Crippen LogP contribution in [0.15, 0.2) is 35.7 Å². The largest absolute Gasteiger partial charge is 0.388 e. The number of amides is 1. The van der Waals surface area contributed by atoms with E-state index >= 15 is 0 Å². The number of aliphatic hydroxyl groups excluding tert-OH is 1. The van der Waals surface area contributed by atoms with Gasteiger partial charge in [0.2, 0.25) is 0 Å². The highest BCUT2D eigenvalue weighted by atomic mass is 35.5. The molecule has 0 fully saturated rings. The molecule has 0 aliphatic heterocycles. The quantitative estimate of drug-likeness (QED) is 0.817. The molecule has 0 saturated carbocycles. The normalized spacial score (nSPS) is 12.2. The Kier molecular flexibility index (Phi) is 6.26. The third-order valence-electron chi connectivity index (χ3n) is 3.38. The lowest BCUT2D eigenvalue weighted by molar-refractivity contribution is 0.0786. The second-order valence-corrected chi connectivity index (χ2v) is 6.80. The maximum absolute atomic E-state index is 12.1. The van der Waals surface area contributed by atoms with E-state index in [0.29, 0.717) is 29.4 Å². The summed E-state index contributed by atoms with van der Waals surface area (Å²) in [6, 6.07) is 8.79. The van der Waals surface area contributed by atoms with E-state index in [1.807, 2.05) is 17.5 Å². The fourth-order valence-corrected chi connectivity index (χ4v) is 3.12. The molecular weight excluding hydrogens is 341 g/mol. The van der Waals surface area contributed by atoms with Crippen LogP contribution in [0.5, 0.6) is 0 Å². The van der Waals surface area contributed by atoms with Crippen molar-refractivity contribution in [2.75, 3.05) is 13.6 Å². The molecule has 2 rings (SSSR count). The lowest BCUT2D eigenvalue weighted by Gasteiger charge is -2.18. The lowest BCUT2D eigenvalue weighted by Crippen LogP contribution is -2.27. The molecule has 1 aromatic heterocycles. The van der Waals surface area contributed by atoms with E-state index in [1.54, 1.807) is 30.1 Å². The van der Waals surface area contributed by atoms with Crippen molar-refractivity contribution in [2.24, 2.45) is 0 Å². The van der Waals surface area contributed by atoms with E-state index in [0.717, 1.165) is 10.4 Å². The van der Waals surface area contributed by atoms with Crippen LogP contribution < -0.4 is 0 Å². The molecule has 118 valence electrons. The lowest BCUT2D eigenvalue weighted by atomic mass is 10.0. The summed E-state index contributed by atoms with van der Waals surface area (Å²) in [5.41, 5.74) is 0.738. The van der Waals surface area contributed by atoms with Gasteiger partial charge in [-0.05, 0) is 42.0 Å². The monoisotopic (exact) mass is 357 g/mol. The van der Waals surface area contributed by atoms with Crippen LogP contribution >= 0.6 is 34.5 Å². The molecule has 3 nitrogen and oxygen atoms in total. The van der Waals surface area contributed by atoms with E-state index in [4.69, 9.17) is 23.2 Å². The summed E-state index contributed by atoms with van der Waals surface area (Å²) < 4.78 is 0. The number of nitrogens with zero attached hydrogens (tertiary/aromatic N) is 1. The molecule has 0 radical (unpaired) electrons. The highest BCUT2D eigenvalue weighted by Crippen LogP contribution is 2.27. The van der Waals surface area contributed by atoms with Crippen molar-refractivity contribution in [3.05, 3.63) is 56.2 Å². The van der Waals surface area contributed by atoms with Crippen molar-refractivity contribution in [2.45, 2.75) is 18.9 Å². The highest BCUT2D eigenvalue weighted by molar-refractivity contribution is 7.12. The molecule has 0 saturated heterocycles. The molecule has 0 bridgehead atoms. The molecule has 1 heterocycles. The van der Waals surface area contributed by atoms with E-state index < -0.39 is 6.10 Å². The Morgan fingerprint density at radius 1 is 1.32 bits per heavy atom. The number of rotatable bonds is 6. The first kappa shape index (κ1) is 17.3. The van der Waals surface area contributed by atoms with Gasteiger partial charge < -0.3 is 10.0 Å². The first-order valence-electron chi connectivity index (χ1n) is 6.91. The van der Waals surface area contributed by atoms with Gasteiger partial charge in [-0.3, -0.25) is 4.79 Å². The third-order valence-corrected chi connectivity index (χ3v) is 4.98. The van der Waals surface area contributed by atoms with E-state index in [1.165, 1.54) is 11.3 Å². The molecule has 2 aromatic rings. The highest BCUT2D eigenvalue weighted by Gasteiger charge is 2.14. The fourth-order valence-electron chi connectivity index (χ4n) is 2.10. The van der Waals surface area contributed by atoms with Crippen LogP contribution in [-0.4, -0.2) is 29.5 Å². The molecule has 1 unspecified atom stereocenters. The Bertz CT molecular complexity index is 631. The van der Waals surface area contributed by atoms with Crippen LogP contribution in [0.2, 0.25) is 10.0 Å². The molecule has 0 spiro atoms. The van der Waals surface area contributed by atoms with Crippen molar-refractivity contribution < 1.29 is 9.90 Å². The van der Waals surface area contributed by atoms with Gasteiger partial charge in [0.1, 0.15) is 0 Å². The van der Waals surface area contributed by atoms with Crippen molar-refractivity contribution in [3.8, 4) is 0 Å². The Morgan fingerprint density at radius 2 is 2.09 bits per heavy atom. The average Bonchev–Trinajstić information content (AvgIpc) is 3.03. The minimum absolute atomic E-state index is 0.0130. The first-order valence-corrected chi connectivity index (χ1v) is 8.54. The molecule has 1 amide bonds. The Hall–Kier alpha value is -1.07. The number of benzene rings is 1. The van der Waals surface area contributed by atoms with E-state index in [9.17, 15) is 9.90 Å². The summed E-state index contributed by atoms with van der Waals surface area (Å²) in [4.78, 5) is 14.5. The predicted octanol–water partition coefficient (Wildman–Crippen LogP) is 4.64. The standard InChI is InChI=1S/C16H17Cl2NO2S/c1-19(16(21)15-5-3-9-22-15)8-2-4-14(20)11-6-7-12(17)13(18)10-11/h3,5-7,9-10,14,20H,2,4,8H2,1H3. The van der Waals surface area contributed by atoms with Gasteiger partial charge in [-0.15, -0.1) is 11.3 Å². The molecule has 1 N–H and O–H groups in total. The van der Waals surface area contributed by atoms with Crippen molar-refractivity contribution in [1.29, 1.82) is 0 Å². The zero-order valence-electron chi connectivity index (χ0n) is 12.1. The van der Waals surface area contributed by atoms with Crippen LogP contribution in [0.3, 0.4) is 0 Å². The van der Waals surface area contributed by atoms with Crippen LogP contribution in [0.1, 0.15) is 34.2 Å². The van der Waals surface area contributed by atoms with Gasteiger partial charge in [-0.25, -0.2) is 0 Å². The number of hydrogen-bond donors (Lipinski definition) is 1. The molecule has 22 heavy (non-hydrogen) atoms. The summed E-state index contributed by atoms with van der Waals surface area (Å²) >= 11 is 13.2. The van der Waals surface area contributed by atoms with Gasteiger partial charge >= 0.3 is 0 Å². The number of thiophene rings is 1. The maximum atomic E-state index is 12.1. The van der Waals surface area contributed by atoms with Crippen LogP contribution in [0.4, 0.5) is 0 Å². The van der Waals surface area contributed by atoms with Gasteiger partial charge in [0.05, 0.1) is 21.0 Å². The Morgan fingerprint density at radius 3 is 2.73 bits per heavy atom. The maximum Gasteiger partial charge on any atom is 0.263 e. The van der Waals surface area contributed by atoms with Crippen LogP contribution in [0, 0.1) is 0 Å². The van der Waals surface area contributed by atoms with Gasteiger partial charge in [-0.2, -0.15) is 0 Å². The zero-order valence-corrected chi connectivity index (χ0v) is 14.5. The van der Waals surface area contributed by atoms with Gasteiger partial charge in [0.15, 0.2) is 0 Å². The van der Waals surface area contributed by atoms with Crippen molar-refractivity contribution in [1.82, 2.24) is 4.90 Å². The van der Waals surface area contributed by atoms with Crippen LogP contribution in [-0.2, 0) is 0 Å². The molecule has 0 aliphatic carbocycles. The van der Waals surface area contributed by atoms with Gasteiger partial charge in [-0.1, -0.05) is 35.3 Å². The first-order chi connectivity index (χ1) is 10.5. The molecule has 1 aromatic carbocycles. The smallest absolute Gasteiger partial charge is 0.263 e. The van der Waals surface area contributed by atoms with Gasteiger partial charge in [0, 0.05) is 13.6 Å². The number of aliphatic hydroxyl groups is 1. The number of hydrogen-bond acceptors (Lipinski definition) is 3. The molecule has 6 heteroatoms. The minimum Gasteiger partial charge on any atom is -0.388 e. The van der Waals surface area contributed by atoms with E-state index in [2.05, 4.69) is 0 Å². The number of carbonyl (C=O) groups excluding carboxylic acids is 1. The molecular formula is C16H17Cl2NO2S. The summed E-state index contributed by atoms with van der Waals surface area (Å²) in [7, 11) is 1.77. The molecule has 1 atom stereocenters. The summed E-state index contributed by atoms with van der Waals surface area (Å²) in [5, 5.41) is 13.0.